The third-order valence-electron chi connectivity index (χ3n) is 2.68. The van der Waals surface area contributed by atoms with Gasteiger partial charge >= 0.3 is 11.9 Å². The van der Waals surface area contributed by atoms with Crippen LogP contribution in [0, 0.1) is 5.92 Å². The Hall–Kier alpha value is -1.37. The Morgan fingerprint density at radius 1 is 1.56 bits per heavy atom. The van der Waals surface area contributed by atoms with E-state index in [0.29, 0.717) is 5.69 Å². The number of hydrogen-bond donors (Lipinski definition) is 1. The number of aryl methyl sites for hydroxylation is 2. The van der Waals surface area contributed by atoms with Gasteiger partial charge in [0.25, 0.3) is 0 Å². The zero-order valence-corrected chi connectivity index (χ0v) is 12.0. The first-order valence-electron chi connectivity index (χ1n) is 5.43. The molecule has 0 aliphatic rings. The van der Waals surface area contributed by atoms with Crippen molar-refractivity contribution in [2.24, 2.45) is 13.0 Å². The van der Waals surface area contributed by atoms with Crippen LogP contribution in [0.5, 0.6) is 0 Å². The zero-order valence-electron chi connectivity index (χ0n) is 10.4. The number of aromatic nitrogens is 2. The largest absolute Gasteiger partial charge is 0.481 e. The second-order valence-corrected chi connectivity index (χ2v) is 4.60. The number of carbonyl (C=O) groups excluding carboxylic acids is 1. The molecule has 1 N–H and O–H groups in total. The Bertz CT molecular complexity index is 470. The van der Waals surface area contributed by atoms with Crippen LogP contribution in [0.4, 0.5) is 0 Å². The molecule has 0 aliphatic carbocycles. The van der Waals surface area contributed by atoms with Crippen molar-refractivity contribution in [3.8, 4) is 0 Å². The van der Waals surface area contributed by atoms with E-state index >= 15 is 0 Å². The van der Waals surface area contributed by atoms with Crippen molar-refractivity contribution in [3.05, 3.63) is 15.9 Å². The molecule has 0 radical (unpaired) electrons. The fourth-order valence-corrected chi connectivity index (χ4v) is 2.43. The molecule has 1 aromatic rings. The second kappa shape index (κ2) is 5.99. The Labute approximate surface area is 113 Å². The molecule has 1 unspecified atom stereocenters. The molecule has 1 rings (SSSR count). The molecule has 0 spiro atoms. The van der Waals surface area contributed by atoms with Crippen LogP contribution in [0.2, 0.25) is 0 Å². The number of esters is 1. The number of carboxylic acid groups (broad SMARTS) is 1. The fourth-order valence-electron chi connectivity index (χ4n) is 1.65. The Morgan fingerprint density at radius 3 is 2.56 bits per heavy atom. The Balaban J connectivity index is 3.04. The summed E-state index contributed by atoms with van der Waals surface area (Å²) < 4.78 is 6.83. The van der Waals surface area contributed by atoms with E-state index < -0.39 is 17.9 Å². The molecular formula is C11H15BrN2O4. The van der Waals surface area contributed by atoms with Gasteiger partial charge in [-0.3, -0.25) is 14.3 Å². The van der Waals surface area contributed by atoms with Crippen LogP contribution >= 0.6 is 15.9 Å². The highest BCUT2D eigenvalue weighted by atomic mass is 79.9. The summed E-state index contributed by atoms with van der Waals surface area (Å²) >= 11 is 3.38. The van der Waals surface area contributed by atoms with Gasteiger partial charge in [-0.25, -0.2) is 0 Å². The zero-order chi connectivity index (χ0) is 13.9. The van der Waals surface area contributed by atoms with Crippen LogP contribution in [0.3, 0.4) is 0 Å². The molecule has 0 amide bonds. The molecule has 6 nitrogen and oxygen atoms in total. The van der Waals surface area contributed by atoms with Crippen molar-refractivity contribution in [2.45, 2.75) is 19.8 Å². The maximum absolute atomic E-state index is 11.4. The predicted octanol–water partition coefficient (Wildman–Crippen LogP) is 1.16. The molecule has 0 saturated heterocycles. The lowest BCUT2D eigenvalue weighted by Gasteiger charge is -2.10. The van der Waals surface area contributed by atoms with Crippen molar-refractivity contribution in [1.29, 1.82) is 0 Å². The van der Waals surface area contributed by atoms with Crippen molar-refractivity contribution in [3.63, 3.8) is 0 Å². The molecule has 1 aromatic heterocycles. The molecule has 0 fully saturated rings. The SMILES string of the molecule is CCc1nn(C)c(CC(C(=O)O)C(=O)OC)c1Br. The highest BCUT2D eigenvalue weighted by Gasteiger charge is 2.30. The summed E-state index contributed by atoms with van der Waals surface area (Å²) in [6.45, 7) is 1.95. The van der Waals surface area contributed by atoms with Crippen LogP contribution in [0.1, 0.15) is 18.3 Å². The van der Waals surface area contributed by atoms with Crippen LogP contribution in [0.15, 0.2) is 4.47 Å². The van der Waals surface area contributed by atoms with Crippen LogP contribution in [0.25, 0.3) is 0 Å². The summed E-state index contributed by atoms with van der Waals surface area (Å²) in [6.07, 6.45) is 0.774. The molecule has 0 aromatic carbocycles. The first-order chi connectivity index (χ1) is 8.42. The summed E-state index contributed by atoms with van der Waals surface area (Å²) in [7, 11) is 2.89. The molecule has 1 heterocycles. The lowest BCUT2D eigenvalue weighted by atomic mass is 10.0. The number of nitrogens with zero attached hydrogens (tertiary/aromatic N) is 2. The summed E-state index contributed by atoms with van der Waals surface area (Å²) in [5.41, 5.74) is 1.51. The van der Waals surface area contributed by atoms with E-state index in [1.54, 1.807) is 11.7 Å². The van der Waals surface area contributed by atoms with E-state index in [4.69, 9.17) is 5.11 Å². The number of hydrogen-bond acceptors (Lipinski definition) is 4. The van der Waals surface area contributed by atoms with E-state index in [-0.39, 0.29) is 6.42 Å². The van der Waals surface area contributed by atoms with Crippen LogP contribution < -0.4 is 0 Å². The third-order valence-corrected chi connectivity index (χ3v) is 3.60. The molecule has 0 saturated carbocycles. The number of rotatable bonds is 5. The second-order valence-electron chi connectivity index (χ2n) is 3.80. The number of carbonyl (C=O) groups is 2. The number of methoxy groups -OCH3 is 1. The van der Waals surface area contributed by atoms with E-state index in [9.17, 15) is 9.59 Å². The maximum atomic E-state index is 11.4. The molecule has 7 heteroatoms. The number of ether oxygens (including phenoxy) is 1. The van der Waals surface area contributed by atoms with E-state index in [1.807, 2.05) is 6.92 Å². The topological polar surface area (TPSA) is 81.4 Å². The van der Waals surface area contributed by atoms with Gasteiger partial charge in [0.05, 0.1) is 23.0 Å². The summed E-state index contributed by atoms with van der Waals surface area (Å²) in [5.74, 6) is -3.17. The van der Waals surface area contributed by atoms with Crippen molar-refractivity contribution >= 4 is 27.9 Å². The monoisotopic (exact) mass is 318 g/mol. The van der Waals surface area contributed by atoms with Gasteiger partial charge in [-0.05, 0) is 22.4 Å². The Morgan fingerprint density at radius 2 is 2.17 bits per heavy atom. The number of carboxylic acids is 1. The fraction of sp³-hybridized carbons (Fsp3) is 0.545. The highest BCUT2D eigenvalue weighted by Crippen LogP contribution is 2.24. The van der Waals surface area contributed by atoms with Gasteiger partial charge in [0.1, 0.15) is 0 Å². The molecule has 100 valence electrons. The molecular weight excluding hydrogens is 304 g/mol. The average Bonchev–Trinajstić information content (AvgIpc) is 2.60. The number of aliphatic carboxylic acids is 1. The molecule has 18 heavy (non-hydrogen) atoms. The summed E-state index contributed by atoms with van der Waals surface area (Å²) in [4.78, 5) is 22.5. The van der Waals surface area contributed by atoms with Gasteiger partial charge in [0.15, 0.2) is 5.92 Å². The first kappa shape index (κ1) is 14.7. The maximum Gasteiger partial charge on any atom is 0.320 e. The standard InChI is InChI=1S/C11H15BrN2O4/c1-4-7-9(12)8(14(2)13-7)5-6(10(15)16)11(17)18-3/h6H,4-5H2,1-3H3,(H,15,16). The minimum absolute atomic E-state index is 0.0477. The predicted molar refractivity (Wildman–Crippen MR) is 67.1 cm³/mol. The molecule has 0 bridgehead atoms. The third kappa shape index (κ3) is 2.90. The summed E-state index contributed by atoms with van der Waals surface area (Å²) in [6, 6.07) is 0. The minimum atomic E-state index is -1.22. The van der Waals surface area contributed by atoms with Gasteiger partial charge in [-0.1, -0.05) is 6.92 Å². The lowest BCUT2D eigenvalue weighted by Crippen LogP contribution is -2.28. The first-order valence-corrected chi connectivity index (χ1v) is 6.22. The smallest absolute Gasteiger partial charge is 0.320 e. The average molecular weight is 319 g/mol. The van der Waals surface area contributed by atoms with Crippen LogP contribution in [-0.4, -0.2) is 33.9 Å². The van der Waals surface area contributed by atoms with Gasteiger partial charge < -0.3 is 9.84 Å². The minimum Gasteiger partial charge on any atom is -0.481 e. The van der Waals surface area contributed by atoms with Gasteiger partial charge in [-0.2, -0.15) is 5.10 Å². The van der Waals surface area contributed by atoms with E-state index in [2.05, 4.69) is 25.8 Å². The van der Waals surface area contributed by atoms with Gasteiger partial charge in [0.2, 0.25) is 0 Å². The lowest BCUT2D eigenvalue weighted by molar-refractivity contribution is -0.156. The van der Waals surface area contributed by atoms with E-state index in [0.717, 1.165) is 16.6 Å². The van der Waals surface area contributed by atoms with Crippen molar-refractivity contribution in [2.75, 3.05) is 7.11 Å². The van der Waals surface area contributed by atoms with Gasteiger partial charge in [-0.15, -0.1) is 0 Å². The molecule has 0 aliphatic heterocycles. The van der Waals surface area contributed by atoms with E-state index in [1.165, 1.54) is 7.11 Å². The van der Waals surface area contributed by atoms with Crippen molar-refractivity contribution < 1.29 is 19.4 Å². The summed E-state index contributed by atoms with van der Waals surface area (Å²) in [5, 5.41) is 13.3. The Kier molecular flexibility index (Phi) is 4.89. The van der Waals surface area contributed by atoms with Crippen molar-refractivity contribution in [1.82, 2.24) is 9.78 Å². The normalized spacial score (nSPS) is 12.2. The molecule has 1 atom stereocenters. The highest BCUT2D eigenvalue weighted by molar-refractivity contribution is 9.10. The van der Waals surface area contributed by atoms with Crippen LogP contribution in [-0.2, 0) is 34.2 Å². The number of halogens is 1. The van der Waals surface area contributed by atoms with Gasteiger partial charge in [0, 0.05) is 13.5 Å². The quantitative estimate of drug-likeness (QED) is 0.651.